The van der Waals surface area contributed by atoms with E-state index in [2.05, 4.69) is 42.2 Å². The molecule has 1 nitrogen and oxygen atoms in total. The summed E-state index contributed by atoms with van der Waals surface area (Å²) in [6.07, 6.45) is 0. The lowest BCUT2D eigenvalue weighted by Crippen LogP contribution is -1.99. The fourth-order valence-electron chi connectivity index (χ4n) is 1.23. The summed E-state index contributed by atoms with van der Waals surface area (Å²) in [5.74, 6) is 0. The maximum Gasteiger partial charge on any atom is 0.0715 e. The third-order valence-electron chi connectivity index (χ3n) is 2.07. The molecular weight excluding hydrogens is 166 g/mol. The highest BCUT2D eigenvalue weighted by atomic mass is 32.1. The highest BCUT2D eigenvalue weighted by molar-refractivity contribution is 7.11. The van der Waals surface area contributed by atoms with Gasteiger partial charge in [-0.3, -0.25) is 0 Å². The molecule has 0 radical (unpaired) electrons. The molecule has 12 heavy (non-hydrogen) atoms. The topological polar surface area (TPSA) is 4.93 Å². The Labute approximate surface area is 76.4 Å². The Bertz CT molecular complexity index is 370. The lowest BCUT2D eigenvalue weighted by Gasteiger charge is -2.14. The molecule has 0 aliphatic carbocycles. The Hall–Kier alpha value is -1.02. The van der Waals surface area contributed by atoms with Crippen LogP contribution in [0.1, 0.15) is 5.69 Å². The quantitative estimate of drug-likeness (QED) is 0.631. The average molecular weight is 177 g/mol. The molecular formula is C10H11NS. The van der Waals surface area contributed by atoms with E-state index in [9.17, 15) is 0 Å². The molecule has 0 saturated carbocycles. The van der Waals surface area contributed by atoms with E-state index < -0.39 is 0 Å². The van der Waals surface area contributed by atoms with Crippen molar-refractivity contribution in [3.63, 3.8) is 0 Å². The first-order valence-corrected chi connectivity index (χ1v) is 4.74. The fourth-order valence-corrected chi connectivity index (χ4v) is 2.11. The number of aromatic nitrogens is 1. The Morgan fingerprint density at radius 3 is 2.33 bits per heavy atom. The van der Waals surface area contributed by atoms with Gasteiger partial charge in [-0.05, 0) is 12.5 Å². The van der Waals surface area contributed by atoms with Crippen LogP contribution in [-0.4, -0.2) is 3.96 Å². The van der Waals surface area contributed by atoms with Gasteiger partial charge in [0.2, 0.25) is 0 Å². The number of nitrogens with zero attached hydrogens (tertiary/aromatic N) is 1. The standard InChI is InChI=1S/C10H11NS/c1-8-10(12-11(8)2)9-6-4-3-5-7-9/h3-7H,1-2H3. The first-order valence-electron chi connectivity index (χ1n) is 3.97. The predicted octanol–water partition coefficient (Wildman–Crippen LogP) is 3.06. The zero-order chi connectivity index (χ0) is 8.55. The molecule has 0 unspecified atom stereocenters. The van der Waals surface area contributed by atoms with Gasteiger partial charge in [0.1, 0.15) is 0 Å². The minimum Gasteiger partial charge on any atom is -0.303 e. The van der Waals surface area contributed by atoms with Crippen LogP contribution in [0.15, 0.2) is 30.3 Å². The second kappa shape index (κ2) is 2.79. The van der Waals surface area contributed by atoms with Crippen molar-refractivity contribution >= 4 is 11.5 Å². The van der Waals surface area contributed by atoms with Crippen LogP contribution in [0.4, 0.5) is 0 Å². The molecule has 2 rings (SSSR count). The lowest BCUT2D eigenvalue weighted by atomic mass is 10.2. The van der Waals surface area contributed by atoms with Gasteiger partial charge in [0, 0.05) is 12.7 Å². The Morgan fingerprint density at radius 2 is 1.83 bits per heavy atom. The van der Waals surface area contributed by atoms with Gasteiger partial charge in [0.05, 0.1) is 4.88 Å². The summed E-state index contributed by atoms with van der Waals surface area (Å²) in [7, 11) is 2.09. The van der Waals surface area contributed by atoms with E-state index in [-0.39, 0.29) is 0 Å². The van der Waals surface area contributed by atoms with Crippen LogP contribution in [0, 0.1) is 6.92 Å². The number of aryl methyl sites for hydroxylation is 1. The maximum atomic E-state index is 2.18. The smallest absolute Gasteiger partial charge is 0.0715 e. The molecule has 0 aliphatic rings. The molecule has 2 heteroatoms. The van der Waals surface area contributed by atoms with Crippen LogP contribution in [-0.2, 0) is 7.05 Å². The summed E-state index contributed by atoms with van der Waals surface area (Å²) in [6, 6.07) is 10.5. The lowest BCUT2D eigenvalue weighted by molar-refractivity contribution is 0.948. The van der Waals surface area contributed by atoms with E-state index in [4.69, 9.17) is 0 Å². The van der Waals surface area contributed by atoms with Crippen molar-refractivity contribution in [3.8, 4) is 10.4 Å². The van der Waals surface area contributed by atoms with E-state index in [1.165, 1.54) is 16.1 Å². The molecule has 0 saturated heterocycles. The van der Waals surface area contributed by atoms with Gasteiger partial charge in [0.25, 0.3) is 0 Å². The normalized spacial score (nSPS) is 10.5. The van der Waals surface area contributed by atoms with E-state index in [1.54, 1.807) is 11.5 Å². The molecule has 1 aromatic carbocycles. The van der Waals surface area contributed by atoms with Gasteiger partial charge in [-0.25, -0.2) is 0 Å². The number of hydrogen-bond donors (Lipinski definition) is 0. The van der Waals surface area contributed by atoms with Crippen LogP contribution < -0.4 is 0 Å². The fraction of sp³-hybridized carbons (Fsp3) is 0.200. The summed E-state index contributed by atoms with van der Waals surface area (Å²) >= 11 is 1.80. The van der Waals surface area contributed by atoms with Crippen LogP contribution >= 0.6 is 11.5 Å². The van der Waals surface area contributed by atoms with Crippen molar-refractivity contribution < 1.29 is 0 Å². The van der Waals surface area contributed by atoms with E-state index in [0.717, 1.165) is 0 Å². The Kier molecular flexibility index (Phi) is 1.77. The van der Waals surface area contributed by atoms with Gasteiger partial charge in [-0.2, -0.15) is 0 Å². The monoisotopic (exact) mass is 177 g/mol. The van der Waals surface area contributed by atoms with Crippen LogP contribution in [0.3, 0.4) is 0 Å². The summed E-state index contributed by atoms with van der Waals surface area (Å²) in [5, 5.41) is 0. The average Bonchev–Trinajstić information content (AvgIpc) is 2.15. The summed E-state index contributed by atoms with van der Waals surface area (Å²) in [5.41, 5.74) is 2.70. The van der Waals surface area contributed by atoms with Crippen LogP contribution in [0.25, 0.3) is 10.4 Å². The molecule has 0 N–H and O–H groups in total. The third-order valence-corrected chi connectivity index (χ3v) is 3.33. The molecule has 1 aromatic heterocycles. The minimum atomic E-state index is 1.33. The van der Waals surface area contributed by atoms with E-state index in [1.807, 2.05) is 6.07 Å². The predicted molar refractivity (Wildman–Crippen MR) is 53.5 cm³/mol. The van der Waals surface area contributed by atoms with Crippen LogP contribution in [0.5, 0.6) is 0 Å². The van der Waals surface area contributed by atoms with Crippen molar-refractivity contribution in [2.45, 2.75) is 6.92 Å². The van der Waals surface area contributed by atoms with E-state index in [0.29, 0.717) is 0 Å². The Balaban J connectivity index is 2.42. The van der Waals surface area contributed by atoms with Crippen molar-refractivity contribution in [3.05, 3.63) is 36.0 Å². The second-order valence-corrected chi connectivity index (χ2v) is 4.01. The van der Waals surface area contributed by atoms with E-state index >= 15 is 0 Å². The molecule has 2 aromatic rings. The molecule has 0 spiro atoms. The van der Waals surface area contributed by atoms with Crippen molar-refractivity contribution in [1.82, 2.24) is 3.96 Å². The molecule has 62 valence electrons. The highest BCUT2D eigenvalue weighted by Crippen LogP contribution is 2.30. The molecule has 0 fully saturated rings. The molecule has 0 atom stereocenters. The zero-order valence-corrected chi connectivity index (χ0v) is 8.06. The van der Waals surface area contributed by atoms with Gasteiger partial charge >= 0.3 is 0 Å². The van der Waals surface area contributed by atoms with Gasteiger partial charge in [-0.1, -0.05) is 41.9 Å². The van der Waals surface area contributed by atoms with Crippen molar-refractivity contribution in [1.29, 1.82) is 0 Å². The number of hydrogen-bond acceptors (Lipinski definition) is 1. The number of rotatable bonds is 1. The maximum absolute atomic E-state index is 2.18. The first kappa shape index (κ1) is 7.62. The molecule has 0 amide bonds. The summed E-state index contributed by atoms with van der Waals surface area (Å²) < 4.78 is 2.18. The van der Waals surface area contributed by atoms with Crippen molar-refractivity contribution in [2.75, 3.05) is 0 Å². The largest absolute Gasteiger partial charge is 0.303 e. The molecule has 0 aliphatic heterocycles. The van der Waals surface area contributed by atoms with Crippen LogP contribution in [0.2, 0.25) is 0 Å². The molecule has 1 heterocycles. The minimum absolute atomic E-state index is 1.33. The molecule has 0 bridgehead atoms. The summed E-state index contributed by atoms with van der Waals surface area (Å²) in [6.45, 7) is 2.15. The SMILES string of the molecule is Cc1c(-c2ccccc2)sn1C. The number of benzene rings is 1. The highest BCUT2D eigenvalue weighted by Gasteiger charge is 2.08. The van der Waals surface area contributed by atoms with Gasteiger partial charge in [0.15, 0.2) is 0 Å². The first-order chi connectivity index (χ1) is 5.79. The van der Waals surface area contributed by atoms with Gasteiger partial charge in [-0.15, -0.1) is 0 Å². The zero-order valence-electron chi connectivity index (χ0n) is 7.24. The summed E-state index contributed by atoms with van der Waals surface area (Å²) in [4.78, 5) is 1.40. The third kappa shape index (κ3) is 1.08. The van der Waals surface area contributed by atoms with Gasteiger partial charge < -0.3 is 3.96 Å². The van der Waals surface area contributed by atoms with Crippen molar-refractivity contribution in [2.24, 2.45) is 7.05 Å². The Morgan fingerprint density at radius 1 is 1.17 bits per heavy atom. The second-order valence-electron chi connectivity index (χ2n) is 2.87.